The van der Waals surface area contributed by atoms with Crippen molar-refractivity contribution >= 4 is 23.2 Å². The molecule has 3 rings (SSSR count). The van der Waals surface area contributed by atoms with E-state index in [9.17, 15) is 9.59 Å². The number of hydrogen-bond acceptors (Lipinski definition) is 4. The van der Waals surface area contributed by atoms with E-state index in [0.29, 0.717) is 31.7 Å². The average molecular weight is 341 g/mol. The lowest BCUT2D eigenvalue weighted by molar-refractivity contribution is -0.121. The maximum absolute atomic E-state index is 12.6. The molecule has 0 aliphatic carbocycles. The van der Waals surface area contributed by atoms with Crippen LogP contribution in [0.15, 0.2) is 47.1 Å². The van der Waals surface area contributed by atoms with Crippen molar-refractivity contribution in [2.45, 2.75) is 12.8 Å². The molecule has 1 aliphatic rings. The van der Waals surface area contributed by atoms with Crippen LogP contribution >= 0.6 is 0 Å². The number of para-hydroxylation sites is 2. The first-order chi connectivity index (χ1) is 12.1. The lowest BCUT2D eigenvalue weighted by Crippen LogP contribution is -2.41. The molecule has 132 valence electrons. The van der Waals surface area contributed by atoms with Gasteiger partial charge in [0.15, 0.2) is 5.76 Å². The van der Waals surface area contributed by atoms with Crippen LogP contribution in [0, 0.1) is 5.92 Å². The van der Waals surface area contributed by atoms with Gasteiger partial charge in [-0.1, -0.05) is 12.1 Å². The summed E-state index contributed by atoms with van der Waals surface area (Å²) in [6, 6.07) is 11.1. The molecule has 6 nitrogen and oxygen atoms in total. The summed E-state index contributed by atoms with van der Waals surface area (Å²) in [5, 5.41) is 3.03. The van der Waals surface area contributed by atoms with Crippen molar-refractivity contribution in [3.05, 3.63) is 48.4 Å². The van der Waals surface area contributed by atoms with Crippen molar-refractivity contribution in [2.75, 3.05) is 37.4 Å². The molecule has 25 heavy (non-hydrogen) atoms. The topological polar surface area (TPSA) is 65.8 Å². The number of nitrogens with zero attached hydrogens (tertiary/aromatic N) is 2. The number of hydrogen-bond donors (Lipinski definition) is 1. The molecule has 2 heterocycles. The Bertz CT molecular complexity index is 732. The maximum Gasteiger partial charge on any atom is 0.289 e. The number of amides is 2. The molecule has 1 N–H and O–H groups in total. The highest BCUT2D eigenvalue weighted by atomic mass is 16.3. The van der Waals surface area contributed by atoms with Crippen LogP contribution in [0.5, 0.6) is 0 Å². The molecule has 0 atom stereocenters. The van der Waals surface area contributed by atoms with E-state index in [1.54, 1.807) is 17.0 Å². The second-order valence-corrected chi connectivity index (χ2v) is 6.44. The molecule has 1 aromatic carbocycles. The Labute approximate surface area is 147 Å². The smallest absolute Gasteiger partial charge is 0.289 e. The Kier molecular flexibility index (Phi) is 5.07. The minimum atomic E-state index is -0.109. The Hall–Kier alpha value is -2.76. The van der Waals surface area contributed by atoms with Crippen LogP contribution in [0.1, 0.15) is 23.4 Å². The highest BCUT2D eigenvalue weighted by Gasteiger charge is 2.29. The number of piperidine rings is 1. The van der Waals surface area contributed by atoms with E-state index < -0.39 is 0 Å². The fourth-order valence-electron chi connectivity index (χ4n) is 3.10. The van der Waals surface area contributed by atoms with Crippen molar-refractivity contribution in [1.29, 1.82) is 0 Å². The van der Waals surface area contributed by atoms with E-state index in [1.807, 2.05) is 43.3 Å². The molecule has 2 amide bonds. The average Bonchev–Trinajstić information content (AvgIpc) is 3.16. The Balaban J connectivity index is 1.58. The summed E-state index contributed by atoms with van der Waals surface area (Å²) in [4.78, 5) is 28.6. The Morgan fingerprint density at radius 2 is 1.84 bits per heavy atom. The first-order valence-electron chi connectivity index (χ1n) is 8.46. The zero-order valence-electron chi connectivity index (χ0n) is 14.6. The molecule has 1 saturated heterocycles. The van der Waals surface area contributed by atoms with Crippen LogP contribution < -0.4 is 10.2 Å². The standard InChI is InChI=1S/C19H23N3O3/c1-21(2)16-7-4-3-6-15(16)20-18(23)14-9-11-22(12-10-14)19(24)17-8-5-13-25-17/h3-8,13-14H,9-12H2,1-2H3,(H,20,23). The SMILES string of the molecule is CN(C)c1ccccc1NC(=O)C1CCN(C(=O)c2ccco2)CC1. The summed E-state index contributed by atoms with van der Waals surface area (Å²) in [6.07, 6.45) is 2.81. The third-order valence-electron chi connectivity index (χ3n) is 4.53. The second-order valence-electron chi connectivity index (χ2n) is 6.44. The Morgan fingerprint density at radius 1 is 1.12 bits per heavy atom. The van der Waals surface area contributed by atoms with Gasteiger partial charge in [-0.3, -0.25) is 9.59 Å². The lowest BCUT2D eigenvalue weighted by atomic mass is 9.95. The van der Waals surface area contributed by atoms with E-state index >= 15 is 0 Å². The summed E-state index contributed by atoms with van der Waals surface area (Å²) in [7, 11) is 3.90. The van der Waals surface area contributed by atoms with Gasteiger partial charge in [-0.25, -0.2) is 0 Å². The van der Waals surface area contributed by atoms with Crippen molar-refractivity contribution in [3.63, 3.8) is 0 Å². The molecule has 0 radical (unpaired) electrons. The third kappa shape index (κ3) is 3.84. The van der Waals surface area contributed by atoms with Crippen molar-refractivity contribution in [3.8, 4) is 0 Å². The van der Waals surface area contributed by atoms with Crippen LogP contribution in [-0.2, 0) is 4.79 Å². The predicted molar refractivity (Wildman–Crippen MR) is 96.7 cm³/mol. The number of rotatable bonds is 4. The fourth-order valence-corrected chi connectivity index (χ4v) is 3.10. The summed E-state index contributed by atoms with van der Waals surface area (Å²) in [6.45, 7) is 1.12. The van der Waals surface area contributed by atoms with Gasteiger partial charge in [0.05, 0.1) is 17.6 Å². The monoisotopic (exact) mass is 341 g/mol. The van der Waals surface area contributed by atoms with Gasteiger partial charge >= 0.3 is 0 Å². The van der Waals surface area contributed by atoms with Crippen molar-refractivity contribution in [2.24, 2.45) is 5.92 Å². The molecule has 0 bridgehead atoms. The number of likely N-dealkylation sites (tertiary alicyclic amines) is 1. The van der Waals surface area contributed by atoms with Gasteiger partial charge in [0.1, 0.15) is 0 Å². The van der Waals surface area contributed by atoms with Gasteiger partial charge in [-0.2, -0.15) is 0 Å². The predicted octanol–water partition coefficient (Wildman–Crippen LogP) is 2.84. The van der Waals surface area contributed by atoms with Crippen LogP contribution in [0.4, 0.5) is 11.4 Å². The third-order valence-corrected chi connectivity index (χ3v) is 4.53. The molecule has 1 aliphatic heterocycles. The number of carbonyl (C=O) groups is 2. The number of furan rings is 1. The van der Waals surface area contributed by atoms with Gasteiger partial charge < -0.3 is 19.5 Å². The van der Waals surface area contributed by atoms with E-state index in [2.05, 4.69) is 5.32 Å². The molecular formula is C19H23N3O3. The molecule has 6 heteroatoms. The zero-order valence-corrected chi connectivity index (χ0v) is 14.6. The highest BCUT2D eigenvalue weighted by Crippen LogP contribution is 2.26. The van der Waals surface area contributed by atoms with E-state index in [-0.39, 0.29) is 17.7 Å². The van der Waals surface area contributed by atoms with Crippen LogP contribution in [0.3, 0.4) is 0 Å². The van der Waals surface area contributed by atoms with Crippen LogP contribution in [0.2, 0.25) is 0 Å². The first kappa shape index (κ1) is 17.1. The molecule has 0 saturated carbocycles. The second kappa shape index (κ2) is 7.42. The molecule has 2 aromatic rings. The number of benzene rings is 1. The van der Waals surface area contributed by atoms with Gasteiger partial charge in [0, 0.05) is 33.1 Å². The molecule has 1 aromatic heterocycles. The van der Waals surface area contributed by atoms with Gasteiger partial charge in [0.2, 0.25) is 5.91 Å². The van der Waals surface area contributed by atoms with Gasteiger partial charge in [0.25, 0.3) is 5.91 Å². The number of carbonyl (C=O) groups excluding carboxylic acids is 2. The molecule has 0 unspecified atom stereocenters. The fraction of sp³-hybridized carbons (Fsp3) is 0.368. The summed E-state index contributed by atoms with van der Waals surface area (Å²) in [5.41, 5.74) is 1.79. The van der Waals surface area contributed by atoms with Crippen LogP contribution in [-0.4, -0.2) is 43.9 Å². The Morgan fingerprint density at radius 3 is 2.48 bits per heavy atom. The van der Waals surface area contributed by atoms with E-state index in [0.717, 1.165) is 11.4 Å². The first-order valence-corrected chi connectivity index (χ1v) is 8.46. The largest absolute Gasteiger partial charge is 0.459 e. The lowest BCUT2D eigenvalue weighted by Gasteiger charge is -2.31. The molecule has 1 fully saturated rings. The quantitative estimate of drug-likeness (QED) is 0.929. The summed E-state index contributed by atoms with van der Waals surface area (Å²) < 4.78 is 5.16. The maximum atomic E-state index is 12.6. The highest BCUT2D eigenvalue weighted by molar-refractivity contribution is 5.96. The zero-order chi connectivity index (χ0) is 17.8. The molecule has 0 spiro atoms. The normalized spacial score (nSPS) is 15.0. The molecular weight excluding hydrogens is 318 g/mol. The van der Waals surface area contributed by atoms with Gasteiger partial charge in [-0.05, 0) is 37.1 Å². The summed E-state index contributed by atoms with van der Waals surface area (Å²) in [5.74, 6) is 0.167. The minimum Gasteiger partial charge on any atom is -0.459 e. The van der Waals surface area contributed by atoms with E-state index in [1.165, 1.54) is 6.26 Å². The minimum absolute atomic E-state index is 0.0133. The van der Waals surface area contributed by atoms with E-state index in [4.69, 9.17) is 4.42 Å². The van der Waals surface area contributed by atoms with Crippen LogP contribution in [0.25, 0.3) is 0 Å². The number of nitrogens with one attached hydrogen (secondary N) is 1. The number of anilines is 2. The van der Waals surface area contributed by atoms with Crippen molar-refractivity contribution < 1.29 is 14.0 Å². The summed E-state index contributed by atoms with van der Waals surface area (Å²) >= 11 is 0. The van der Waals surface area contributed by atoms with Crippen molar-refractivity contribution in [1.82, 2.24) is 4.90 Å². The van der Waals surface area contributed by atoms with Gasteiger partial charge in [-0.15, -0.1) is 0 Å².